The molecule has 8 heteroatoms. The molecule has 162 valence electrons. The highest BCUT2D eigenvalue weighted by Gasteiger charge is 2.44. The van der Waals surface area contributed by atoms with E-state index in [1.807, 2.05) is 12.1 Å². The van der Waals surface area contributed by atoms with E-state index in [9.17, 15) is 19.1 Å². The molecule has 0 aliphatic carbocycles. The predicted molar refractivity (Wildman–Crippen MR) is 113 cm³/mol. The number of benzene rings is 2. The molecule has 2 aliphatic heterocycles. The minimum absolute atomic E-state index is 0.0910. The van der Waals surface area contributed by atoms with Crippen LogP contribution in [0.4, 0.5) is 4.39 Å². The van der Waals surface area contributed by atoms with Gasteiger partial charge in [0.1, 0.15) is 18.9 Å². The van der Waals surface area contributed by atoms with Gasteiger partial charge in [0.25, 0.3) is 5.91 Å². The lowest BCUT2D eigenvalue weighted by Crippen LogP contribution is -3.14. The van der Waals surface area contributed by atoms with Gasteiger partial charge in [-0.2, -0.15) is 0 Å². The molecule has 1 unspecified atom stereocenters. The quantitative estimate of drug-likeness (QED) is 0.382. The number of ketones is 1. The van der Waals surface area contributed by atoms with Crippen LogP contribution in [0.2, 0.25) is 0 Å². The van der Waals surface area contributed by atoms with Crippen LogP contribution in [0.5, 0.6) is 0 Å². The van der Waals surface area contributed by atoms with Crippen molar-refractivity contribution in [2.45, 2.75) is 6.04 Å². The number of hydrogen-bond acceptors (Lipinski definition) is 4. The van der Waals surface area contributed by atoms with Crippen molar-refractivity contribution in [1.82, 2.24) is 4.90 Å². The zero-order chi connectivity index (χ0) is 22.0. The van der Waals surface area contributed by atoms with Gasteiger partial charge in [0.15, 0.2) is 0 Å². The number of halogens is 2. The molecule has 0 radical (unpaired) electrons. The lowest BCUT2D eigenvalue weighted by Gasteiger charge is -2.30. The summed E-state index contributed by atoms with van der Waals surface area (Å²) < 4.78 is 19.5. The fourth-order valence-electron chi connectivity index (χ4n) is 4.07. The van der Waals surface area contributed by atoms with E-state index in [4.69, 9.17) is 4.74 Å². The van der Waals surface area contributed by atoms with Gasteiger partial charge in [0.05, 0.1) is 32.3 Å². The lowest BCUT2D eigenvalue weighted by atomic mass is 9.95. The molecular formula is C23H22BrFN2O4. The zero-order valence-electron chi connectivity index (χ0n) is 16.8. The van der Waals surface area contributed by atoms with Crippen molar-refractivity contribution in [3.8, 4) is 0 Å². The number of morpholine rings is 1. The van der Waals surface area contributed by atoms with Crippen molar-refractivity contribution < 1.29 is 28.7 Å². The number of Topliss-reactive ketones (excluding diaryl/α,β-unsaturated/α-hetero) is 1. The fraction of sp³-hybridized carbons (Fsp3) is 0.304. The Bertz CT molecular complexity index is 1020. The van der Waals surface area contributed by atoms with Gasteiger partial charge in [-0.05, 0) is 35.4 Å². The second kappa shape index (κ2) is 9.30. The highest BCUT2D eigenvalue weighted by atomic mass is 79.9. The third-order valence-corrected chi connectivity index (χ3v) is 6.20. The molecule has 2 aromatic carbocycles. The lowest BCUT2D eigenvalue weighted by molar-refractivity contribution is -0.907. The maximum atomic E-state index is 13.3. The Balaban J connectivity index is 1.73. The van der Waals surface area contributed by atoms with Crippen LogP contribution >= 0.6 is 15.9 Å². The van der Waals surface area contributed by atoms with Gasteiger partial charge in [0.2, 0.25) is 5.78 Å². The van der Waals surface area contributed by atoms with Crippen LogP contribution in [0.25, 0.3) is 5.76 Å². The van der Waals surface area contributed by atoms with Crippen LogP contribution in [0, 0.1) is 5.82 Å². The van der Waals surface area contributed by atoms with E-state index in [0.29, 0.717) is 31.9 Å². The van der Waals surface area contributed by atoms with Gasteiger partial charge in [-0.1, -0.05) is 46.0 Å². The van der Waals surface area contributed by atoms with Crippen molar-refractivity contribution >= 4 is 33.4 Å². The predicted octanol–water partition coefficient (Wildman–Crippen LogP) is 0.727. The molecule has 0 spiro atoms. The van der Waals surface area contributed by atoms with Crippen molar-refractivity contribution in [3.63, 3.8) is 0 Å². The number of ether oxygens (including phenoxy) is 1. The Morgan fingerprint density at radius 3 is 2.55 bits per heavy atom. The summed E-state index contributed by atoms with van der Waals surface area (Å²) in [5.41, 5.74) is 0.765. The standard InChI is InChI=1S/C23H22BrFN2O4/c24-17-3-1-2-16(14-17)20-19(21(28)15-4-6-18(25)7-5-15)22(29)23(30)27(20)9-8-26-10-12-31-13-11-26/h1-7,14,20,28H,8-13H2/b21-19+. The van der Waals surface area contributed by atoms with Crippen LogP contribution in [0.3, 0.4) is 0 Å². The molecule has 0 saturated carbocycles. The number of carbonyl (C=O) groups is 2. The minimum Gasteiger partial charge on any atom is -0.872 e. The van der Waals surface area contributed by atoms with Crippen molar-refractivity contribution in [2.75, 3.05) is 39.4 Å². The number of quaternary nitrogens is 1. The Morgan fingerprint density at radius 1 is 1.16 bits per heavy atom. The number of rotatable bonds is 5. The van der Waals surface area contributed by atoms with Crippen LogP contribution in [-0.4, -0.2) is 56.0 Å². The van der Waals surface area contributed by atoms with Crippen molar-refractivity contribution in [2.24, 2.45) is 0 Å². The van der Waals surface area contributed by atoms with Gasteiger partial charge in [-0.3, -0.25) is 9.59 Å². The van der Waals surface area contributed by atoms with Crippen molar-refractivity contribution in [3.05, 3.63) is 75.5 Å². The molecule has 4 rings (SSSR count). The summed E-state index contributed by atoms with van der Waals surface area (Å²) in [7, 11) is 0. The first kappa shape index (κ1) is 21.7. The summed E-state index contributed by atoms with van der Waals surface area (Å²) >= 11 is 3.43. The number of carbonyl (C=O) groups excluding carboxylic acids is 2. The third kappa shape index (κ3) is 4.56. The monoisotopic (exact) mass is 488 g/mol. The van der Waals surface area contributed by atoms with Gasteiger partial charge in [-0.25, -0.2) is 4.39 Å². The molecule has 0 aromatic heterocycles. The summed E-state index contributed by atoms with van der Waals surface area (Å²) in [6.45, 7) is 4.00. The van der Waals surface area contributed by atoms with E-state index in [-0.39, 0.29) is 11.1 Å². The summed E-state index contributed by atoms with van der Waals surface area (Å²) in [5.74, 6) is -2.50. The number of nitrogens with one attached hydrogen (secondary N) is 1. The van der Waals surface area contributed by atoms with E-state index in [0.717, 1.165) is 17.6 Å². The van der Waals surface area contributed by atoms with E-state index >= 15 is 0 Å². The summed E-state index contributed by atoms with van der Waals surface area (Å²) in [4.78, 5) is 28.7. The van der Waals surface area contributed by atoms with E-state index < -0.39 is 29.3 Å². The average Bonchev–Trinajstić information content (AvgIpc) is 3.03. The largest absolute Gasteiger partial charge is 0.872 e. The molecular weight excluding hydrogens is 467 g/mol. The number of nitrogens with zero attached hydrogens (tertiary/aromatic N) is 1. The summed E-state index contributed by atoms with van der Waals surface area (Å²) in [5, 5.41) is 13.2. The Kier molecular flexibility index (Phi) is 6.50. The van der Waals surface area contributed by atoms with Gasteiger partial charge < -0.3 is 19.6 Å². The molecule has 2 heterocycles. The fourth-order valence-corrected chi connectivity index (χ4v) is 4.49. The van der Waals surface area contributed by atoms with E-state index in [2.05, 4.69) is 15.9 Å². The third-order valence-electron chi connectivity index (χ3n) is 5.71. The topological polar surface area (TPSA) is 74.1 Å². The molecule has 0 bridgehead atoms. The average molecular weight is 489 g/mol. The summed E-state index contributed by atoms with van der Waals surface area (Å²) in [6, 6.07) is 11.5. The molecule has 31 heavy (non-hydrogen) atoms. The molecule has 6 nitrogen and oxygen atoms in total. The van der Waals surface area contributed by atoms with Crippen molar-refractivity contribution in [1.29, 1.82) is 0 Å². The highest BCUT2D eigenvalue weighted by molar-refractivity contribution is 9.10. The first-order valence-electron chi connectivity index (χ1n) is 10.1. The number of hydrogen-bond donors (Lipinski definition) is 1. The molecule has 1 atom stereocenters. The Hall–Kier alpha value is -2.55. The molecule has 2 saturated heterocycles. The number of amides is 1. The molecule has 1 amide bonds. The van der Waals surface area contributed by atoms with E-state index in [1.165, 1.54) is 34.1 Å². The smallest absolute Gasteiger partial charge is 0.295 e. The number of likely N-dealkylation sites (tertiary alicyclic amines) is 1. The van der Waals surface area contributed by atoms with Gasteiger partial charge >= 0.3 is 0 Å². The highest BCUT2D eigenvalue weighted by Crippen LogP contribution is 2.39. The minimum atomic E-state index is -0.795. The Labute approximate surface area is 188 Å². The maximum Gasteiger partial charge on any atom is 0.295 e. The molecule has 1 N–H and O–H groups in total. The first-order chi connectivity index (χ1) is 15.0. The molecule has 2 aromatic rings. The van der Waals surface area contributed by atoms with Crippen LogP contribution in [0.15, 0.2) is 58.6 Å². The van der Waals surface area contributed by atoms with Crippen LogP contribution in [-0.2, 0) is 14.3 Å². The molecule has 2 fully saturated rings. The normalized spacial score (nSPS) is 21.6. The van der Waals surface area contributed by atoms with Crippen LogP contribution in [0.1, 0.15) is 17.2 Å². The second-order valence-corrected chi connectivity index (χ2v) is 8.56. The van der Waals surface area contributed by atoms with Gasteiger partial charge in [-0.15, -0.1) is 0 Å². The second-order valence-electron chi connectivity index (χ2n) is 7.65. The SMILES string of the molecule is O=C1C(=O)N(CC[NH+]2CCOCC2)C(c2cccc(Br)c2)/C1=C(\[O-])c1ccc(F)cc1. The first-order valence-corrected chi connectivity index (χ1v) is 10.9. The zero-order valence-corrected chi connectivity index (χ0v) is 18.4. The summed E-state index contributed by atoms with van der Waals surface area (Å²) in [6.07, 6.45) is 0. The molecule has 2 aliphatic rings. The Morgan fingerprint density at radius 2 is 1.87 bits per heavy atom. The maximum absolute atomic E-state index is 13.3. The van der Waals surface area contributed by atoms with Crippen LogP contribution < -0.4 is 10.0 Å². The van der Waals surface area contributed by atoms with E-state index in [1.54, 1.807) is 12.1 Å². The van der Waals surface area contributed by atoms with Gasteiger partial charge in [0, 0.05) is 10.0 Å².